The Morgan fingerprint density at radius 3 is 2.71 bits per heavy atom. The van der Waals surface area contributed by atoms with Gasteiger partial charge in [0.15, 0.2) is 11.5 Å². The van der Waals surface area contributed by atoms with Crippen LogP contribution in [0.15, 0.2) is 48.0 Å². The first kappa shape index (κ1) is 17.4. The van der Waals surface area contributed by atoms with Gasteiger partial charge in [0, 0.05) is 5.02 Å². The van der Waals surface area contributed by atoms with Crippen LogP contribution < -0.4 is 15.2 Å². The molecule has 2 aromatic carbocycles. The summed E-state index contributed by atoms with van der Waals surface area (Å²) in [7, 11) is 1.51. The van der Waals surface area contributed by atoms with Crippen LogP contribution in [0.2, 0.25) is 5.02 Å². The number of carbonyl (C=O) groups is 1. The van der Waals surface area contributed by atoms with Crippen molar-refractivity contribution in [1.82, 2.24) is 0 Å². The Balaban J connectivity index is 2.20. The minimum Gasteiger partial charge on any atom is -0.493 e. The highest BCUT2D eigenvalue weighted by Gasteiger charge is 2.08. The molecule has 0 saturated heterocycles. The number of hydrogen-bond donors (Lipinski definition) is 1. The Hall–Kier alpha value is -2.97. The molecule has 0 spiro atoms. The van der Waals surface area contributed by atoms with Crippen molar-refractivity contribution in [3.05, 3.63) is 64.2 Å². The molecule has 24 heavy (non-hydrogen) atoms. The van der Waals surface area contributed by atoms with Crippen molar-refractivity contribution >= 4 is 23.6 Å². The quantitative estimate of drug-likeness (QED) is 0.644. The van der Waals surface area contributed by atoms with Crippen LogP contribution >= 0.6 is 11.6 Å². The Kier molecular flexibility index (Phi) is 5.83. The second-order valence-electron chi connectivity index (χ2n) is 4.86. The van der Waals surface area contributed by atoms with Gasteiger partial charge in [-0.25, -0.2) is 0 Å². The average Bonchev–Trinajstić information content (AvgIpc) is 2.58. The zero-order chi connectivity index (χ0) is 17.5. The summed E-state index contributed by atoms with van der Waals surface area (Å²) < 4.78 is 11.0. The van der Waals surface area contributed by atoms with Gasteiger partial charge in [0.2, 0.25) is 0 Å². The first-order valence-electron chi connectivity index (χ1n) is 7.00. The van der Waals surface area contributed by atoms with Gasteiger partial charge in [-0.15, -0.1) is 0 Å². The lowest BCUT2D eigenvalue weighted by Gasteiger charge is -2.11. The standard InChI is InChI=1S/C18H15ClN2O3/c1-23-17-9-12(7-14(10-20)18(21)22)5-6-16(17)24-11-13-3-2-4-15(19)8-13/h2-9H,11H2,1H3,(H2,21,22)/b14-7-. The Labute approximate surface area is 144 Å². The fraction of sp³-hybridized carbons (Fsp3) is 0.111. The summed E-state index contributed by atoms with van der Waals surface area (Å²) in [6.07, 6.45) is 1.39. The molecule has 0 aromatic heterocycles. The Bertz CT molecular complexity index is 825. The fourth-order valence-corrected chi connectivity index (χ4v) is 2.22. The molecule has 0 aliphatic heterocycles. The number of carbonyl (C=O) groups excluding carboxylic acids is 1. The maximum atomic E-state index is 11.1. The molecule has 0 aliphatic rings. The number of primary amides is 1. The first-order valence-corrected chi connectivity index (χ1v) is 7.38. The van der Waals surface area contributed by atoms with E-state index in [-0.39, 0.29) is 5.57 Å². The molecule has 1 amide bonds. The van der Waals surface area contributed by atoms with Gasteiger partial charge < -0.3 is 15.2 Å². The van der Waals surface area contributed by atoms with Gasteiger partial charge in [-0.05, 0) is 41.5 Å². The van der Waals surface area contributed by atoms with Gasteiger partial charge in [0.25, 0.3) is 5.91 Å². The average molecular weight is 343 g/mol. The number of rotatable bonds is 6. The van der Waals surface area contributed by atoms with Crippen LogP contribution in [0.5, 0.6) is 11.5 Å². The van der Waals surface area contributed by atoms with Crippen molar-refractivity contribution in [1.29, 1.82) is 5.26 Å². The lowest BCUT2D eigenvalue weighted by atomic mass is 10.1. The first-order chi connectivity index (χ1) is 11.5. The second kappa shape index (κ2) is 8.04. The number of nitriles is 1. The van der Waals surface area contributed by atoms with E-state index >= 15 is 0 Å². The summed E-state index contributed by atoms with van der Waals surface area (Å²) in [5.41, 5.74) is 6.52. The lowest BCUT2D eigenvalue weighted by molar-refractivity contribution is -0.114. The molecule has 2 rings (SSSR count). The van der Waals surface area contributed by atoms with Gasteiger partial charge >= 0.3 is 0 Å². The number of amides is 1. The predicted molar refractivity (Wildman–Crippen MR) is 91.6 cm³/mol. The van der Waals surface area contributed by atoms with Crippen molar-refractivity contribution in [2.75, 3.05) is 7.11 Å². The van der Waals surface area contributed by atoms with Gasteiger partial charge in [0.1, 0.15) is 18.2 Å². The molecule has 2 N–H and O–H groups in total. The van der Waals surface area contributed by atoms with Crippen LogP contribution in [0.25, 0.3) is 6.08 Å². The van der Waals surface area contributed by atoms with Crippen LogP contribution in [-0.4, -0.2) is 13.0 Å². The molecule has 0 saturated carbocycles. The van der Waals surface area contributed by atoms with Gasteiger partial charge in [-0.2, -0.15) is 5.26 Å². The number of hydrogen-bond acceptors (Lipinski definition) is 4. The molecule has 0 heterocycles. The minimum atomic E-state index is -0.780. The van der Waals surface area contributed by atoms with Crippen LogP contribution in [0.3, 0.4) is 0 Å². The van der Waals surface area contributed by atoms with E-state index in [4.69, 9.17) is 32.1 Å². The summed E-state index contributed by atoms with van der Waals surface area (Å²) in [5.74, 6) is 0.234. The summed E-state index contributed by atoms with van der Waals surface area (Å²) in [6, 6.07) is 14.2. The molecule has 5 nitrogen and oxygen atoms in total. The van der Waals surface area contributed by atoms with E-state index in [2.05, 4.69) is 0 Å². The Morgan fingerprint density at radius 2 is 2.08 bits per heavy atom. The molecule has 122 valence electrons. The van der Waals surface area contributed by atoms with Gasteiger partial charge in [0.05, 0.1) is 7.11 Å². The zero-order valence-corrected chi connectivity index (χ0v) is 13.7. The van der Waals surface area contributed by atoms with Gasteiger partial charge in [-0.3, -0.25) is 4.79 Å². The van der Waals surface area contributed by atoms with E-state index in [9.17, 15) is 4.79 Å². The Morgan fingerprint density at radius 1 is 1.29 bits per heavy atom. The molecule has 0 unspecified atom stereocenters. The number of halogens is 1. The van der Waals surface area contributed by atoms with Crippen molar-refractivity contribution in [3.63, 3.8) is 0 Å². The minimum absolute atomic E-state index is 0.135. The third-order valence-electron chi connectivity index (χ3n) is 3.17. The van der Waals surface area contributed by atoms with Crippen LogP contribution in [0, 0.1) is 11.3 Å². The summed E-state index contributed by atoms with van der Waals surface area (Å²) in [4.78, 5) is 11.1. The van der Waals surface area contributed by atoms with Crippen LogP contribution in [0.1, 0.15) is 11.1 Å². The van der Waals surface area contributed by atoms with E-state index < -0.39 is 5.91 Å². The molecule has 0 atom stereocenters. The molecular formula is C18H15ClN2O3. The molecule has 0 radical (unpaired) electrons. The maximum absolute atomic E-state index is 11.1. The third kappa shape index (κ3) is 4.51. The number of methoxy groups -OCH3 is 1. The summed E-state index contributed by atoms with van der Waals surface area (Å²) in [6.45, 7) is 0.330. The maximum Gasteiger partial charge on any atom is 0.259 e. The van der Waals surface area contributed by atoms with Crippen molar-refractivity contribution in [2.24, 2.45) is 5.73 Å². The predicted octanol–water partition coefficient (Wildman–Crippen LogP) is 3.32. The monoisotopic (exact) mass is 342 g/mol. The summed E-state index contributed by atoms with van der Waals surface area (Å²) >= 11 is 5.94. The van der Waals surface area contributed by atoms with E-state index in [1.54, 1.807) is 30.3 Å². The van der Waals surface area contributed by atoms with Crippen molar-refractivity contribution in [3.8, 4) is 17.6 Å². The molecule has 2 aromatic rings. The molecule has 0 aliphatic carbocycles. The van der Waals surface area contributed by atoms with Crippen LogP contribution in [-0.2, 0) is 11.4 Å². The van der Waals surface area contributed by atoms with Crippen molar-refractivity contribution < 1.29 is 14.3 Å². The molecule has 0 fully saturated rings. The topological polar surface area (TPSA) is 85.3 Å². The third-order valence-corrected chi connectivity index (χ3v) is 3.40. The van der Waals surface area contributed by atoms with Crippen LogP contribution in [0.4, 0.5) is 0 Å². The number of nitrogens with zero attached hydrogens (tertiary/aromatic N) is 1. The number of ether oxygens (including phenoxy) is 2. The highest BCUT2D eigenvalue weighted by Crippen LogP contribution is 2.29. The highest BCUT2D eigenvalue weighted by atomic mass is 35.5. The number of nitrogens with two attached hydrogens (primary N) is 1. The fourth-order valence-electron chi connectivity index (χ4n) is 2.01. The second-order valence-corrected chi connectivity index (χ2v) is 5.30. The number of benzene rings is 2. The van der Waals surface area contributed by atoms with E-state index in [0.717, 1.165) is 5.56 Å². The molecule has 6 heteroatoms. The highest BCUT2D eigenvalue weighted by molar-refractivity contribution is 6.30. The molecule has 0 bridgehead atoms. The van der Waals surface area contributed by atoms with E-state index in [0.29, 0.717) is 28.7 Å². The van der Waals surface area contributed by atoms with Crippen molar-refractivity contribution in [2.45, 2.75) is 6.61 Å². The SMILES string of the molecule is COc1cc(/C=C(/C#N)C(N)=O)ccc1OCc1cccc(Cl)c1. The van der Waals surface area contributed by atoms with E-state index in [1.165, 1.54) is 13.2 Å². The lowest BCUT2D eigenvalue weighted by Crippen LogP contribution is -2.12. The normalized spacial score (nSPS) is 10.8. The summed E-state index contributed by atoms with van der Waals surface area (Å²) in [5, 5.41) is 9.52. The molecular weight excluding hydrogens is 328 g/mol. The van der Waals surface area contributed by atoms with Gasteiger partial charge in [-0.1, -0.05) is 29.8 Å². The zero-order valence-electron chi connectivity index (χ0n) is 13.0. The smallest absolute Gasteiger partial charge is 0.259 e. The van der Waals surface area contributed by atoms with E-state index in [1.807, 2.05) is 18.2 Å². The largest absolute Gasteiger partial charge is 0.493 e.